The van der Waals surface area contributed by atoms with Gasteiger partial charge in [0, 0.05) is 22.8 Å². The van der Waals surface area contributed by atoms with Gasteiger partial charge in [-0.1, -0.05) is 42.5 Å². The minimum absolute atomic E-state index is 0.00614. The molecule has 1 aliphatic carbocycles. The van der Waals surface area contributed by atoms with Crippen LogP contribution in [0.5, 0.6) is 5.75 Å². The monoisotopic (exact) mass is 602 g/mol. The molecule has 3 atom stereocenters. The summed E-state index contributed by atoms with van der Waals surface area (Å²) in [6.07, 6.45) is -0.00614. The third-order valence-corrected chi connectivity index (χ3v) is 7.91. The van der Waals surface area contributed by atoms with Crippen LogP contribution < -0.4 is 15.4 Å². The normalized spacial score (nSPS) is 19.9. The summed E-state index contributed by atoms with van der Waals surface area (Å²) in [6.45, 7) is 3.19. The highest BCUT2D eigenvalue weighted by Crippen LogP contribution is 2.52. The molecule has 44 heavy (non-hydrogen) atoms. The second kappa shape index (κ2) is 12.7. The zero-order valence-electron chi connectivity index (χ0n) is 24.5. The predicted molar refractivity (Wildman–Crippen MR) is 158 cm³/mol. The third-order valence-electron chi connectivity index (χ3n) is 7.91. The molecule has 0 bridgehead atoms. The average molecular weight is 603 g/mol. The molecule has 0 saturated heterocycles. The maximum absolute atomic E-state index is 15.6. The second-order valence-corrected chi connectivity index (χ2v) is 10.3. The number of anilines is 1. The summed E-state index contributed by atoms with van der Waals surface area (Å²) in [5.74, 6) is -6.95. The fraction of sp³-hybridized carbons (Fsp3) is 0.265. The molecular weight excluding hydrogens is 570 g/mol. The Labute approximate surface area is 253 Å². The molecule has 10 heteroatoms. The van der Waals surface area contributed by atoms with Gasteiger partial charge in [-0.2, -0.15) is 0 Å². The quantitative estimate of drug-likeness (QED) is 0.266. The Hall–Kier alpha value is -4.99. The Balaban J connectivity index is 1.85. The zero-order chi connectivity index (χ0) is 31.5. The standard InChI is InChI=1S/C34H32F2N2O6/c1-4-43-33(40)28-22(19-11-10-12-20(17-19)42-3)18-26-29(31(28)39)27(21-13-6-7-14-23(21)35)30(34(41)44-5-2)32(37)38(26)25-16-9-8-15-24(25)36/h6-17,22,27-28H,4-5,18,37H2,1-3H3. The number of para-hydroxylation sites is 1. The van der Waals surface area contributed by atoms with E-state index in [0.717, 1.165) is 0 Å². The van der Waals surface area contributed by atoms with Crippen molar-refractivity contribution in [3.8, 4) is 5.75 Å². The van der Waals surface area contributed by atoms with Gasteiger partial charge in [0.05, 0.1) is 37.5 Å². The minimum Gasteiger partial charge on any atom is -0.497 e. The molecular formula is C34H32F2N2O6. The lowest BCUT2D eigenvalue weighted by atomic mass is 9.66. The van der Waals surface area contributed by atoms with Crippen molar-refractivity contribution in [2.45, 2.75) is 32.1 Å². The van der Waals surface area contributed by atoms with Crippen LogP contribution in [0.3, 0.4) is 0 Å². The number of nitrogens with two attached hydrogens (primary N) is 1. The SMILES string of the molecule is CCOC(=O)C1=C(N)N(c2ccccc2F)C2=C(C(=O)C(C(=O)OCC)C(c3cccc(OC)c3)C2)C1c1ccccc1F. The third kappa shape index (κ3) is 5.32. The number of nitrogens with zero attached hydrogens (tertiary/aromatic N) is 1. The van der Waals surface area contributed by atoms with E-state index in [-0.39, 0.29) is 53.5 Å². The van der Waals surface area contributed by atoms with Crippen molar-refractivity contribution >= 4 is 23.4 Å². The molecule has 3 aromatic rings. The van der Waals surface area contributed by atoms with Crippen LogP contribution in [0.25, 0.3) is 0 Å². The lowest BCUT2D eigenvalue weighted by Crippen LogP contribution is -2.47. The van der Waals surface area contributed by atoms with Gasteiger partial charge in [0.1, 0.15) is 29.1 Å². The first-order valence-electron chi connectivity index (χ1n) is 14.3. The molecule has 0 aromatic heterocycles. The number of esters is 2. The number of carbonyl (C=O) groups excluding carboxylic acids is 3. The predicted octanol–water partition coefficient (Wildman–Crippen LogP) is 5.50. The van der Waals surface area contributed by atoms with Crippen molar-refractivity contribution in [1.29, 1.82) is 0 Å². The second-order valence-electron chi connectivity index (χ2n) is 10.3. The lowest BCUT2D eigenvalue weighted by Gasteiger charge is -2.44. The first kappa shape index (κ1) is 30.5. The molecule has 2 N–H and O–H groups in total. The number of carbonyl (C=O) groups is 3. The van der Waals surface area contributed by atoms with Gasteiger partial charge in [0.2, 0.25) is 0 Å². The molecule has 0 spiro atoms. The first-order valence-corrected chi connectivity index (χ1v) is 14.3. The van der Waals surface area contributed by atoms with E-state index in [0.29, 0.717) is 11.3 Å². The molecule has 0 amide bonds. The number of benzene rings is 3. The molecule has 3 aromatic carbocycles. The zero-order valence-corrected chi connectivity index (χ0v) is 24.5. The molecule has 0 saturated carbocycles. The number of halogens is 2. The van der Waals surface area contributed by atoms with E-state index in [1.807, 2.05) is 0 Å². The highest BCUT2D eigenvalue weighted by atomic mass is 19.1. The molecule has 3 unspecified atom stereocenters. The summed E-state index contributed by atoms with van der Waals surface area (Å²) in [4.78, 5) is 43.2. The van der Waals surface area contributed by atoms with E-state index in [9.17, 15) is 14.4 Å². The van der Waals surface area contributed by atoms with Crippen LogP contribution in [-0.2, 0) is 23.9 Å². The smallest absolute Gasteiger partial charge is 0.338 e. The van der Waals surface area contributed by atoms with Gasteiger partial charge < -0.3 is 19.9 Å². The number of Topliss-reactive ketones (excluding diaryl/α,β-unsaturated/α-hetero) is 1. The summed E-state index contributed by atoms with van der Waals surface area (Å²) in [7, 11) is 1.50. The van der Waals surface area contributed by atoms with Crippen molar-refractivity contribution in [1.82, 2.24) is 0 Å². The molecule has 0 fully saturated rings. The van der Waals surface area contributed by atoms with Gasteiger partial charge in [-0.05, 0) is 56.2 Å². The van der Waals surface area contributed by atoms with Crippen LogP contribution in [0.1, 0.15) is 43.2 Å². The fourth-order valence-corrected chi connectivity index (χ4v) is 6.05. The molecule has 228 valence electrons. The van der Waals surface area contributed by atoms with Crippen molar-refractivity contribution in [2.75, 3.05) is 25.2 Å². The van der Waals surface area contributed by atoms with Gasteiger partial charge in [-0.3, -0.25) is 14.5 Å². The maximum atomic E-state index is 15.6. The maximum Gasteiger partial charge on any atom is 0.338 e. The Morgan fingerprint density at radius 3 is 2.27 bits per heavy atom. The van der Waals surface area contributed by atoms with Crippen molar-refractivity contribution in [3.05, 3.63) is 118 Å². The Bertz CT molecular complexity index is 1680. The van der Waals surface area contributed by atoms with E-state index < -0.39 is 47.1 Å². The van der Waals surface area contributed by atoms with E-state index >= 15 is 8.78 Å². The van der Waals surface area contributed by atoms with Crippen molar-refractivity contribution < 1.29 is 37.4 Å². The number of methoxy groups -OCH3 is 1. The number of ketones is 1. The van der Waals surface area contributed by atoms with Crippen molar-refractivity contribution in [2.24, 2.45) is 11.7 Å². The van der Waals surface area contributed by atoms with Gasteiger partial charge in [0.15, 0.2) is 5.78 Å². The van der Waals surface area contributed by atoms with Crippen molar-refractivity contribution in [3.63, 3.8) is 0 Å². The number of rotatable bonds is 8. The van der Waals surface area contributed by atoms with Crippen LogP contribution in [-0.4, -0.2) is 38.0 Å². The average Bonchev–Trinajstić information content (AvgIpc) is 3.01. The van der Waals surface area contributed by atoms with Crippen LogP contribution in [0, 0.1) is 17.6 Å². The number of hydrogen-bond acceptors (Lipinski definition) is 8. The summed E-state index contributed by atoms with van der Waals surface area (Å²) in [6, 6.07) is 18.4. The van der Waals surface area contributed by atoms with Crippen LogP contribution in [0.2, 0.25) is 0 Å². The fourth-order valence-electron chi connectivity index (χ4n) is 6.05. The lowest BCUT2D eigenvalue weighted by molar-refractivity contribution is -0.152. The summed E-state index contributed by atoms with van der Waals surface area (Å²) < 4.78 is 47.2. The Morgan fingerprint density at radius 2 is 1.61 bits per heavy atom. The van der Waals surface area contributed by atoms with E-state index in [1.54, 1.807) is 50.2 Å². The van der Waals surface area contributed by atoms with Gasteiger partial charge in [-0.25, -0.2) is 13.6 Å². The number of allylic oxidation sites excluding steroid dienone is 2. The largest absolute Gasteiger partial charge is 0.497 e. The van der Waals surface area contributed by atoms with Crippen LogP contribution >= 0.6 is 0 Å². The highest BCUT2D eigenvalue weighted by molar-refractivity contribution is 6.14. The Morgan fingerprint density at radius 1 is 0.932 bits per heavy atom. The van der Waals surface area contributed by atoms with Gasteiger partial charge >= 0.3 is 11.9 Å². The molecule has 0 radical (unpaired) electrons. The molecule has 8 nitrogen and oxygen atoms in total. The van der Waals surface area contributed by atoms with E-state index in [2.05, 4.69) is 0 Å². The minimum atomic E-state index is -1.36. The van der Waals surface area contributed by atoms with Crippen LogP contribution in [0.4, 0.5) is 14.5 Å². The van der Waals surface area contributed by atoms with Crippen LogP contribution in [0.15, 0.2) is 95.5 Å². The molecule has 1 heterocycles. The van der Waals surface area contributed by atoms with Gasteiger partial charge in [0.25, 0.3) is 0 Å². The van der Waals surface area contributed by atoms with Gasteiger partial charge in [-0.15, -0.1) is 0 Å². The van der Waals surface area contributed by atoms with E-state index in [4.69, 9.17) is 19.9 Å². The number of ether oxygens (including phenoxy) is 3. The summed E-state index contributed by atoms with van der Waals surface area (Å²) in [5, 5.41) is 0. The number of hydrogen-bond donors (Lipinski definition) is 1. The summed E-state index contributed by atoms with van der Waals surface area (Å²) >= 11 is 0. The summed E-state index contributed by atoms with van der Waals surface area (Å²) in [5.41, 5.74) is 7.19. The molecule has 5 rings (SSSR count). The van der Waals surface area contributed by atoms with E-state index in [1.165, 1.54) is 48.4 Å². The molecule has 1 aliphatic heterocycles. The highest BCUT2D eigenvalue weighted by Gasteiger charge is 2.52. The topological polar surface area (TPSA) is 108 Å². The first-order chi connectivity index (χ1) is 21.2. The molecule has 2 aliphatic rings. The Kier molecular flexibility index (Phi) is 8.80.